The molecule has 3 rings (SSSR count). The highest BCUT2D eigenvalue weighted by Crippen LogP contribution is 2.24. The van der Waals surface area contributed by atoms with Gasteiger partial charge in [0.1, 0.15) is 24.3 Å². The molecule has 2 N–H and O–H groups in total. The summed E-state index contributed by atoms with van der Waals surface area (Å²) in [5, 5.41) is 6.09. The number of alkyl carbamates (subject to hydrolysis) is 1. The number of unbranched alkanes of at least 4 members (excludes halogenated alkanes) is 1. The summed E-state index contributed by atoms with van der Waals surface area (Å²) in [5.41, 5.74) is 1.29. The molecule has 41 heavy (non-hydrogen) atoms. The predicted octanol–water partition coefficient (Wildman–Crippen LogP) is 5.11. The van der Waals surface area contributed by atoms with Gasteiger partial charge in [0.2, 0.25) is 5.91 Å². The number of rotatable bonds is 11. The summed E-state index contributed by atoms with van der Waals surface area (Å²) in [7, 11) is 1.26. The lowest BCUT2D eigenvalue weighted by atomic mass is 10.0. The number of nitrogens with zero attached hydrogens (tertiary/aromatic N) is 1. The summed E-state index contributed by atoms with van der Waals surface area (Å²) >= 11 is 0. The fourth-order valence-corrected chi connectivity index (χ4v) is 4.28. The van der Waals surface area contributed by atoms with Crippen LogP contribution >= 0.6 is 0 Å². The quantitative estimate of drug-likeness (QED) is 0.244. The van der Waals surface area contributed by atoms with Gasteiger partial charge in [0, 0.05) is 18.0 Å². The van der Waals surface area contributed by atoms with Crippen molar-refractivity contribution in [3.05, 3.63) is 71.9 Å². The first kappa shape index (κ1) is 31.2. The van der Waals surface area contributed by atoms with Crippen molar-refractivity contribution in [2.24, 2.45) is 0 Å². The van der Waals surface area contributed by atoms with Crippen LogP contribution in [0.15, 0.2) is 60.8 Å². The average Bonchev–Trinajstić information content (AvgIpc) is 3.31. The van der Waals surface area contributed by atoms with E-state index in [0.717, 1.165) is 12.0 Å². The van der Waals surface area contributed by atoms with Gasteiger partial charge in [0.15, 0.2) is 0 Å². The molecule has 2 atom stereocenters. The van der Waals surface area contributed by atoms with E-state index in [2.05, 4.69) is 10.6 Å². The second-order valence-corrected chi connectivity index (χ2v) is 10.7. The number of para-hydroxylation sites is 1. The lowest BCUT2D eigenvalue weighted by molar-refractivity contribution is -0.145. The van der Waals surface area contributed by atoms with Crippen molar-refractivity contribution in [2.75, 3.05) is 7.11 Å². The maximum absolute atomic E-state index is 13.5. The van der Waals surface area contributed by atoms with E-state index in [1.165, 1.54) is 11.7 Å². The molecule has 0 saturated carbocycles. The normalized spacial score (nSPS) is 12.7. The fraction of sp³-hybridized carbons (Fsp3) is 0.419. The summed E-state index contributed by atoms with van der Waals surface area (Å²) in [6, 6.07) is 14.4. The van der Waals surface area contributed by atoms with Gasteiger partial charge in [-0.05, 0) is 44.4 Å². The molecule has 220 valence electrons. The molecule has 10 heteroatoms. The molecule has 2 amide bonds. The Bertz CT molecular complexity index is 1340. The predicted molar refractivity (Wildman–Crippen MR) is 154 cm³/mol. The van der Waals surface area contributed by atoms with E-state index < -0.39 is 41.7 Å². The van der Waals surface area contributed by atoms with Crippen LogP contribution in [0, 0.1) is 0 Å². The Labute approximate surface area is 240 Å². The molecule has 2 aromatic carbocycles. The van der Waals surface area contributed by atoms with Gasteiger partial charge >= 0.3 is 18.2 Å². The number of aromatic nitrogens is 1. The molecule has 0 spiro atoms. The van der Waals surface area contributed by atoms with Gasteiger partial charge in [-0.3, -0.25) is 9.36 Å². The summed E-state index contributed by atoms with van der Waals surface area (Å²) in [5.74, 6) is -1.15. The van der Waals surface area contributed by atoms with Crippen molar-refractivity contribution in [3.63, 3.8) is 0 Å². The van der Waals surface area contributed by atoms with Crippen LogP contribution in [-0.4, -0.2) is 53.4 Å². The number of nitrogens with one attached hydrogen (secondary N) is 2. The molecule has 3 aromatic rings. The first-order chi connectivity index (χ1) is 19.5. The van der Waals surface area contributed by atoms with E-state index in [1.54, 1.807) is 39.1 Å². The van der Waals surface area contributed by atoms with Crippen LogP contribution in [0.1, 0.15) is 58.1 Å². The highest BCUT2D eigenvalue weighted by molar-refractivity contribution is 5.94. The standard InChI is InChI=1S/C31H39N3O7/c1-6-7-16-24(28(36)39-5)32-27(35)25(33-29(37)40-20-21-13-9-8-10-14-21)18-22-19-34(30(38)41-31(2,3)4)26-17-12-11-15-23(22)26/h8-15,17,19,24-25H,6-7,16,18,20H2,1-5H3,(H,32,35)(H,33,37)/t24-,25?/m0/s1. The van der Waals surface area contributed by atoms with Gasteiger partial charge in [-0.1, -0.05) is 68.3 Å². The van der Waals surface area contributed by atoms with Gasteiger partial charge < -0.3 is 24.8 Å². The maximum atomic E-state index is 13.5. The number of fused-ring (bicyclic) bond motifs is 1. The van der Waals surface area contributed by atoms with Crippen molar-refractivity contribution < 1.29 is 33.4 Å². The third kappa shape index (κ3) is 9.09. The van der Waals surface area contributed by atoms with Crippen molar-refractivity contribution in [1.82, 2.24) is 15.2 Å². The third-order valence-corrected chi connectivity index (χ3v) is 6.28. The van der Waals surface area contributed by atoms with Crippen LogP contribution in [0.5, 0.6) is 0 Å². The number of ether oxygens (including phenoxy) is 3. The van der Waals surface area contributed by atoms with Crippen molar-refractivity contribution in [3.8, 4) is 0 Å². The second-order valence-electron chi connectivity index (χ2n) is 10.7. The maximum Gasteiger partial charge on any atom is 0.419 e. The number of hydrogen-bond acceptors (Lipinski definition) is 7. The Balaban J connectivity index is 1.89. The van der Waals surface area contributed by atoms with E-state index in [0.29, 0.717) is 29.3 Å². The lowest BCUT2D eigenvalue weighted by Gasteiger charge is -2.22. The molecular formula is C31H39N3O7. The fourth-order valence-electron chi connectivity index (χ4n) is 4.28. The lowest BCUT2D eigenvalue weighted by Crippen LogP contribution is -2.52. The van der Waals surface area contributed by atoms with Gasteiger partial charge in [0.05, 0.1) is 12.6 Å². The number of esters is 1. The smallest absolute Gasteiger partial charge is 0.419 e. The Morgan fingerprint density at radius 1 is 0.927 bits per heavy atom. The molecule has 0 radical (unpaired) electrons. The van der Waals surface area contributed by atoms with E-state index >= 15 is 0 Å². The summed E-state index contributed by atoms with van der Waals surface area (Å²) in [4.78, 5) is 51.7. The van der Waals surface area contributed by atoms with E-state index in [9.17, 15) is 19.2 Å². The second kappa shape index (κ2) is 14.3. The molecule has 0 aliphatic rings. The van der Waals surface area contributed by atoms with Crippen LogP contribution in [0.4, 0.5) is 9.59 Å². The third-order valence-electron chi connectivity index (χ3n) is 6.28. The number of methoxy groups -OCH3 is 1. The van der Waals surface area contributed by atoms with Crippen LogP contribution in [0.3, 0.4) is 0 Å². The van der Waals surface area contributed by atoms with Gasteiger partial charge in [-0.25, -0.2) is 14.4 Å². The minimum absolute atomic E-state index is 0.0141. The van der Waals surface area contributed by atoms with E-state index in [1.807, 2.05) is 49.4 Å². The molecule has 1 aromatic heterocycles. The molecule has 0 fully saturated rings. The molecular weight excluding hydrogens is 526 g/mol. The summed E-state index contributed by atoms with van der Waals surface area (Å²) in [6.07, 6.45) is 2.16. The minimum atomic E-state index is -1.12. The molecule has 0 saturated heterocycles. The van der Waals surface area contributed by atoms with Gasteiger partial charge in [-0.2, -0.15) is 0 Å². The van der Waals surface area contributed by atoms with Crippen LogP contribution in [0.25, 0.3) is 10.9 Å². The first-order valence-corrected chi connectivity index (χ1v) is 13.7. The van der Waals surface area contributed by atoms with Crippen molar-refractivity contribution in [2.45, 2.75) is 77.7 Å². The van der Waals surface area contributed by atoms with Crippen LogP contribution < -0.4 is 10.6 Å². The molecule has 1 heterocycles. The highest BCUT2D eigenvalue weighted by atomic mass is 16.6. The minimum Gasteiger partial charge on any atom is -0.467 e. The van der Waals surface area contributed by atoms with E-state index in [-0.39, 0.29) is 13.0 Å². The Morgan fingerprint density at radius 3 is 2.27 bits per heavy atom. The monoisotopic (exact) mass is 565 g/mol. The van der Waals surface area contributed by atoms with E-state index in [4.69, 9.17) is 14.2 Å². The van der Waals surface area contributed by atoms with Gasteiger partial charge in [-0.15, -0.1) is 0 Å². The Kier molecular flexibility index (Phi) is 10.9. The van der Waals surface area contributed by atoms with Crippen molar-refractivity contribution >= 4 is 35.0 Å². The summed E-state index contributed by atoms with van der Waals surface area (Å²) < 4.78 is 17.2. The Hall–Kier alpha value is -4.34. The number of hydrogen-bond donors (Lipinski definition) is 2. The van der Waals surface area contributed by atoms with Crippen LogP contribution in [0.2, 0.25) is 0 Å². The number of benzene rings is 2. The number of amides is 2. The first-order valence-electron chi connectivity index (χ1n) is 13.7. The topological polar surface area (TPSA) is 125 Å². The van der Waals surface area contributed by atoms with Gasteiger partial charge in [0.25, 0.3) is 0 Å². The largest absolute Gasteiger partial charge is 0.467 e. The summed E-state index contributed by atoms with van der Waals surface area (Å²) in [6.45, 7) is 7.32. The zero-order valence-corrected chi connectivity index (χ0v) is 24.3. The van der Waals surface area contributed by atoms with Crippen LogP contribution in [-0.2, 0) is 36.8 Å². The molecule has 1 unspecified atom stereocenters. The molecule has 10 nitrogen and oxygen atoms in total. The number of carbonyl (C=O) groups is 4. The zero-order chi connectivity index (χ0) is 30.0. The number of carbonyl (C=O) groups excluding carboxylic acids is 4. The van der Waals surface area contributed by atoms with Crippen molar-refractivity contribution in [1.29, 1.82) is 0 Å². The Morgan fingerprint density at radius 2 is 1.61 bits per heavy atom. The SMILES string of the molecule is CCCC[C@H](NC(=O)C(Cc1cn(C(=O)OC(C)(C)C)c2ccccc12)NC(=O)OCc1ccccc1)C(=O)OC. The molecule has 0 aliphatic carbocycles. The zero-order valence-electron chi connectivity index (χ0n) is 24.3. The average molecular weight is 566 g/mol. The highest BCUT2D eigenvalue weighted by Gasteiger charge is 2.29. The molecule has 0 bridgehead atoms. The molecule has 0 aliphatic heterocycles.